The zero-order valence-electron chi connectivity index (χ0n) is 19.5. The van der Waals surface area contributed by atoms with Crippen LogP contribution in [0.3, 0.4) is 0 Å². The number of nitrogens with one attached hydrogen (secondary N) is 3. The number of nitrogens with zero attached hydrogens (tertiary/aromatic N) is 2. The molecule has 8 nitrogen and oxygen atoms in total. The molecule has 0 spiro atoms. The van der Waals surface area contributed by atoms with Crippen molar-refractivity contribution in [3.05, 3.63) is 34.7 Å². The fourth-order valence-corrected chi connectivity index (χ4v) is 5.93. The molecule has 13 heteroatoms. The standard InChI is InChI=1S/C24H24ClF3IN5O3/c25-16-3-4-17(26)15-7-18(33-20(15)16)23(37)34-14(10-29)8-24(27,28)9-19(34)22(36)32-13(11-30)6-12-2-1-5-31-21(12)35/h3-4,7,12-14,19,33H,1-2,5-6,8-10H2,(H,31,35)(H,32,36)/t12-,13-,14+,19-/m0/s1. The number of hydrogen-bond donors (Lipinski definition) is 3. The highest BCUT2D eigenvalue weighted by molar-refractivity contribution is 14.1. The van der Waals surface area contributed by atoms with Crippen molar-refractivity contribution in [1.82, 2.24) is 20.5 Å². The number of nitriles is 1. The van der Waals surface area contributed by atoms with Crippen molar-refractivity contribution in [3.63, 3.8) is 0 Å². The minimum Gasteiger partial charge on any atom is -0.356 e. The monoisotopic (exact) mass is 649 g/mol. The molecule has 0 aliphatic carbocycles. The Morgan fingerprint density at radius 3 is 2.76 bits per heavy atom. The first-order chi connectivity index (χ1) is 17.5. The molecular formula is C24H24ClF3IN5O3. The molecule has 0 bridgehead atoms. The third-order valence-electron chi connectivity index (χ3n) is 6.78. The first-order valence-corrected chi connectivity index (χ1v) is 13.7. The maximum atomic E-state index is 14.7. The summed E-state index contributed by atoms with van der Waals surface area (Å²) in [7, 11) is 0. The van der Waals surface area contributed by atoms with Crippen LogP contribution in [0.4, 0.5) is 13.2 Å². The molecule has 0 saturated carbocycles. The van der Waals surface area contributed by atoms with Crippen LogP contribution in [0, 0.1) is 23.1 Å². The largest absolute Gasteiger partial charge is 0.356 e. The lowest BCUT2D eigenvalue weighted by Gasteiger charge is -2.43. The van der Waals surface area contributed by atoms with Crippen molar-refractivity contribution in [1.29, 1.82) is 5.26 Å². The van der Waals surface area contributed by atoms with Crippen LogP contribution in [0.1, 0.15) is 42.6 Å². The summed E-state index contributed by atoms with van der Waals surface area (Å²) >= 11 is 8.00. The lowest BCUT2D eigenvalue weighted by molar-refractivity contribution is -0.139. The van der Waals surface area contributed by atoms with Crippen LogP contribution in [0.15, 0.2) is 18.2 Å². The SMILES string of the molecule is N#C[C@H](C[C@@H]1CCCNC1=O)NC(=O)[C@@H]1CC(F)(F)C[C@H](CI)N1C(=O)c1cc2c(F)ccc(Cl)c2[nH]1. The van der Waals surface area contributed by atoms with Gasteiger partial charge < -0.3 is 20.5 Å². The van der Waals surface area contributed by atoms with E-state index in [1.165, 1.54) is 12.1 Å². The molecule has 3 heterocycles. The van der Waals surface area contributed by atoms with Crippen LogP contribution in [-0.2, 0) is 9.59 Å². The van der Waals surface area contributed by atoms with E-state index >= 15 is 0 Å². The zero-order valence-corrected chi connectivity index (χ0v) is 22.4. The highest BCUT2D eigenvalue weighted by Crippen LogP contribution is 2.38. The molecule has 198 valence electrons. The van der Waals surface area contributed by atoms with Gasteiger partial charge in [0.15, 0.2) is 0 Å². The smallest absolute Gasteiger partial charge is 0.271 e. The molecule has 0 unspecified atom stereocenters. The molecule has 37 heavy (non-hydrogen) atoms. The molecule has 3 amide bonds. The van der Waals surface area contributed by atoms with Gasteiger partial charge in [0, 0.05) is 41.2 Å². The number of H-pyrrole nitrogens is 1. The Kier molecular flexibility index (Phi) is 8.23. The molecular weight excluding hydrogens is 626 g/mol. The van der Waals surface area contributed by atoms with Gasteiger partial charge in [0.2, 0.25) is 11.8 Å². The van der Waals surface area contributed by atoms with Crippen LogP contribution in [-0.4, -0.2) is 62.6 Å². The fourth-order valence-electron chi connectivity index (χ4n) is 4.98. The second kappa shape index (κ2) is 11.1. The van der Waals surface area contributed by atoms with Crippen LogP contribution in [0.25, 0.3) is 10.9 Å². The van der Waals surface area contributed by atoms with Gasteiger partial charge in [-0.05, 0) is 37.5 Å². The molecule has 2 fully saturated rings. The Hall–Kier alpha value is -2.53. The number of aromatic amines is 1. The topological polar surface area (TPSA) is 118 Å². The van der Waals surface area contributed by atoms with Crippen molar-refractivity contribution >= 4 is 62.8 Å². The van der Waals surface area contributed by atoms with Gasteiger partial charge in [0.1, 0.15) is 23.6 Å². The number of piperidine rings is 2. The molecule has 1 aromatic heterocycles. The molecule has 2 aliphatic heterocycles. The minimum atomic E-state index is -3.23. The van der Waals surface area contributed by atoms with Crippen LogP contribution < -0.4 is 10.6 Å². The average Bonchev–Trinajstić information content (AvgIpc) is 3.32. The summed E-state index contributed by atoms with van der Waals surface area (Å²) in [5.74, 6) is -6.23. The van der Waals surface area contributed by atoms with Crippen molar-refractivity contribution in [2.24, 2.45) is 5.92 Å². The van der Waals surface area contributed by atoms with Gasteiger partial charge in [0.25, 0.3) is 11.8 Å². The van der Waals surface area contributed by atoms with Gasteiger partial charge in [-0.1, -0.05) is 34.2 Å². The van der Waals surface area contributed by atoms with Crippen molar-refractivity contribution < 1.29 is 27.6 Å². The van der Waals surface area contributed by atoms with Crippen molar-refractivity contribution in [2.45, 2.75) is 56.2 Å². The second-order valence-corrected chi connectivity index (χ2v) is 10.6. The highest BCUT2D eigenvalue weighted by atomic mass is 127. The molecule has 1 aromatic carbocycles. The van der Waals surface area contributed by atoms with E-state index in [4.69, 9.17) is 11.6 Å². The number of likely N-dealkylation sites (tertiary alicyclic amines) is 1. The van der Waals surface area contributed by atoms with Gasteiger partial charge in [-0.15, -0.1) is 0 Å². The molecule has 3 N–H and O–H groups in total. The summed E-state index contributed by atoms with van der Waals surface area (Å²) in [6, 6.07) is 1.95. The lowest BCUT2D eigenvalue weighted by Crippen LogP contribution is -2.62. The number of carbonyl (C=O) groups is 3. The number of hydrogen-bond acceptors (Lipinski definition) is 4. The number of fused-ring (bicyclic) bond motifs is 1. The summed E-state index contributed by atoms with van der Waals surface area (Å²) in [6.07, 6.45) is -0.283. The Balaban J connectivity index is 1.62. The number of alkyl halides is 3. The summed E-state index contributed by atoms with van der Waals surface area (Å²) in [4.78, 5) is 42.8. The third kappa shape index (κ3) is 5.82. The molecule has 2 aromatic rings. The summed E-state index contributed by atoms with van der Waals surface area (Å²) in [5, 5.41) is 15.0. The van der Waals surface area contributed by atoms with Crippen LogP contribution in [0.5, 0.6) is 0 Å². The quantitative estimate of drug-likeness (QED) is 0.325. The lowest BCUT2D eigenvalue weighted by atomic mass is 9.90. The van der Waals surface area contributed by atoms with E-state index in [0.29, 0.717) is 13.0 Å². The Labute approximate surface area is 229 Å². The summed E-state index contributed by atoms with van der Waals surface area (Å²) in [6.45, 7) is 0.535. The van der Waals surface area contributed by atoms with E-state index in [2.05, 4.69) is 15.6 Å². The van der Waals surface area contributed by atoms with Gasteiger partial charge >= 0.3 is 0 Å². The second-order valence-electron chi connectivity index (χ2n) is 9.36. The maximum Gasteiger partial charge on any atom is 0.271 e. The highest BCUT2D eigenvalue weighted by Gasteiger charge is 2.50. The normalized spacial score (nSPS) is 24.3. The predicted molar refractivity (Wildman–Crippen MR) is 138 cm³/mol. The van der Waals surface area contributed by atoms with Gasteiger partial charge in [-0.25, -0.2) is 13.2 Å². The molecule has 4 rings (SSSR count). The molecule has 2 saturated heterocycles. The van der Waals surface area contributed by atoms with Crippen molar-refractivity contribution in [3.8, 4) is 6.07 Å². The number of aromatic nitrogens is 1. The number of benzene rings is 1. The van der Waals surface area contributed by atoms with E-state index in [1.807, 2.05) is 28.7 Å². The number of carbonyl (C=O) groups excluding carboxylic acids is 3. The summed E-state index contributed by atoms with van der Waals surface area (Å²) in [5.41, 5.74) is 0.0743. The van der Waals surface area contributed by atoms with Crippen LogP contribution >= 0.6 is 34.2 Å². The molecule has 2 aliphatic rings. The predicted octanol–water partition coefficient (Wildman–Crippen LogP) is 3.93. The van der Waals surface area contributed by atoms with Gasteiger partial charge in [-0.2, -0.15) is 5.26 Å². The molecule has 0 radical (unpaired) electrons. The Morgan fingerprint density at radius 1 is 1.35 bits per heavy atom. The summed E-state index contributed by atoms with van der Waals surface area (Å²) < 4.78 is 43.8. The average molecular weight is 650 g/mol. The van der Waals surface area contributed by atoms with Gasteiger partial charge in [-0.3, -0.25) is 14.4 Å². The first-order valence-electron chi connectivity index (χ1n) is 11.8. The van der Waals surface area contributed by atoms with E-state index in [-0.39, 0.29) is 38.4 Å². The van der Waals surface area contributed by atoms with E-state index in [1.54, 1.807) is 0 Å². The van der Waals surface area contributed by atoms with E-state index in [9.17, 15) is 32.8 Å². The van der Waals surface area contributed by atoms with Gasteiger partial charge in [0.05, 0.1) is 16.6 Å². The number of halogens is 5. The minimum absolute atomic E-state index is 0.0284. The van der Waals surface area contributed by atoms with E-state index < -0.39 is 60.4 Å². The fraction of sp³-hybridized carbons (Fsp3) is 0.500. The third-order valence-corrected chi connectivity index (χ3v) is 8.11. The number of rotatable bonds is 6. The maximum absolute atomic E-state index is 14.7. The molecule has 4 atom stereocenters. The first kappa shape index (κ1) is 27.5. The Bertz CT molecular complexity index is 1230. The Morgan fingerprint density at radius 2 is 2.11 bits per heavy atom. The zero-order chi connectivity index (χ0) is 26.9. The number of amides is 3. The van der Waals surface area contributed by atoms with Crippen molar-refractivity contribution in [2.75, 3.05) is 11.0 Å². The van der Waals surface area contributed by atoms with Crippen LogP contribution in [0.2, 0.25) is 5.02 Å². The van der Waals surface area contributed by atoms with E-state index in [0.717, 1.165) is 17.4 Å².